The minimum atomic E-state index is -0.846. The van der Waals surface area contributed by atoms with E-state index in [9.17, 15) is 4.79 Å². The van der Waals surface area contributed by atoms with Crippen molar-refractivity contribution in [3.8, 4) is 0 Å². The SMILES string of the molecule is CC(C)c1nnc(SCC(=O)O)n1Cc1ccsc1. The van der Waals surface area contributed by atoms with Crippen LogP contribution in [0.25, 0.3) is 0 Å². The van der Waals surface area contributed by atoms with Gasteiger partial charge in [0.15, 0.2) is 5.16 Å². The molecule has 0 radical (unpaired) electrons. The summed E-state index contributed by atoms with van der Waals surface area (Å²) in [5.41, 5.74) is 1.18. The van der Waals surface area contributed by atoms with Gasteiger partial charge in [0.05, 0.1) is 12.3 Å². The van der Waals surface area contributed by atoms with Gasteiger partial charge in [-0.1, -0.05) is 25.6 Å². The van der Waals surface area contributed by atoms with Gasteiger partial charge in [0.2, 0.25) is 0 Å². The zero-order valence-corrected chi connectivity index (χ0v) is 12.4. The Morgan fingerprint density at radius 1 is 1.53 bits per heavy atom. The van der Waals surface area contributed by atoms with Gasteiger partial charge < -0.3 is 9.67 Å². The number of aliphatic carboxylic acids is 1. The molecule has 0 aromatic carbocycles. The second-order valence-electron chi connectivity index (χ2n) is 4.40. The predicted molar refractivity (Wildman–Crippen MR) is 75.9 cm³/mol. The summed E-state index contributed by atoms with van der Waals surface area (Å²) in [4.78, 5) is 10.7. The van der Waals surface area contributed by atoms with Crippen molar-refractivity contribution in [3.05, 3.63) is 28.2 Å². The van der Waals surface area contributed by atoms with E-state index in [-0.39, 0.29) is 11.7 Å². The molecule has 0 saturated heterocycles. The molecule has 0 unspecified atom stereocenters. The van der Waals surface area contributed by atoms with Crippen molar-refractivity contribution in [2.45, 2.75) is 31.5 Å². The number of rotatable bonds is 6. The van der Waals surface area contributed by atoms with E-state index in [0.717, 1.165) is 5.82 Å². The number of thiophene rings is 1. The average Bonchev–Trinajstić information content (AvgIpc) is 2.96. The molecule has 2 aromatic rings. The second kappa shape index (κ2) is 6.21. The maximum absolute atomic E-state index is 10.7. The Labute approximate surface area is 119 Å². The van der Waals surface area contributed by atoms with Gasteiger partial charge in [0.25, 0.3) is 0 Å². The van der Waals surface area contributed by atoms with Crippen molar-refractivity contribution < 1.29 is 9.90 Å². The third-order valence-electron chi connectivity index (χ3n) is 2.51. The third-order valence-corrected chi connectivity index (χ3v) is 4.19. The van der Waals surface area contributed by atoms with Crippen LogP contribution in [0, 0.1) is 0 Å². The Morgan fingerprint density at radius 2 is 2.32 bits per heavy atom. The maximum atomic E-state index is 10.7. The molecule has 2 heterocycles. The molecule has 2 aromatic heterocycles. The largest absolute Gasteiger partial charge is 0.481 e. The van der Waals surface area contributed by atoms with E-state index >= 15 is 0 Å². The first-order valence-corrected chi connectivity index (χ1v) is 7.79. The molecule has 0 aliphatic carbocycles. The molecule has 19 heavy (non-hydrogen) atoms. The van der Waals surface area contributed by atoms with Gasteiger partial charge in [-0.05, 0) is 22.4 Å². The van der Waals surface area contributed by atoms with Crippen LogP contribution in [-0.2, 0) is 11.3 Å². The maximum Gasteiger partial charge on any atom is 0.313 e. The normalized spacial score (nSPS) is 11.1. The molecule has 2 rings (SSSR count). The first kappa shape index (κ1) is 14.1. The molecule has 102 valence electrons. The highest BCUT2D eigenvalue weighted by Crippen LogP contribution is 2.23. The van der Waals surface area contributed by atoms with Gasteiger partial charge >= 0.3 is 5.97 Å². The summed E-state index contributed by atoms with van der Waals surface area (Å²) in [6.45, 7) is 4.80. The lowest BCUT2D eigenvalue weighted by molar-refractivity contribution is -0.133. The van der Waals surface area contributed by atoms with Gasteiger partial charge in [-0.2, -0.15) is 11.3 Å². The Morgan fingerprint density at radius 3 is 2.89 bits per heavy atom. The van der Waals surface area contributed by atoms with E-state index in [1.54, 1.807) is 11.3 Å². The first-order chi connectivity index (χ1) is 9.08. The van der Waals surface area contributed by atoms with Gasteiger partial charge in [-0.3, -0.25) is 4.79 Å². The fourth-order valence-corrected chi connectivity index (χ4v) is 3.00. The lowest BCUT2D eigenvalue weighted by Crippen LogP contribution is -2.08. The van der Waals surface area contributed by atoms with Gasteiger partial charge in [0.1, 0.15) is 5.82 Å². The number of thioether (sulfide) groups is 1. The molecule has 7 heteroatoms. The van der Waals surface area contributed by atoms with Gasteiger partial charge in [-0.25, -0.2) is 0 Å². The van der Waals surface area contributed by atoms with E-state index in [1.165, 1.54) is 17.3 Å². The summed E-state index contributed by atoms with van der Waals surface area (Å²) in [6, 6.07) is 2.06. The summed E-state index contributed by atoms with van der Waals surface area (Å²) in [5, 5.41) is 21.8. The van der Waals surface area contributed by atoms with Crippen LogP contribution in [0.3, 0.4) is 0 Å². The van der Waals surface area contributed by atoms with Crippen LogP contribution in [0.15, 0.2) is 22.0 Å². The van der Waals surface area contributed by atoms with Crippen molar-refractivity contribution in [3.63, 3.8) is 0 Å². The van der Waals surface area contributed by atoms with E-state index in [2.05, 4.69) is 35.5 Å². The Kier molecular flexibility index (Phi) is 4.60. The minimum absolute atomic E-state index is 0.000133. The number of aromatic nitrogens is 3. The molecule has 0 spiro atoms. The fourth-order valence-electron chi connectivity index (χ4n) is 1.67. The van der Waals surface area contributed by atoms with Crippen LogP contribution >= 0.6 is 23.1 Å². The molecular formula is C12H15N3O2S2. The van der Waals surface area contributed by atoms with Gasteiger partial charge in [-0.15, -0.1) is 10.2 Å². The molecule has 1 N–H and O–H groups in total. The Bertz CT molecular complexity index is 549. The van der Waals surface area contributed by atoms with Crippen LogP contribution in [0.5, 0.6) is 0 Å². The summed E-state index contributed by atoms with van der Waals surface area (Å²) < 4.78 is 2.00. The monoisotopic (exact) mass is 297 g/mol. The summed E-state index contributed by atoms with van der Waals surface area (Å²) in [5.74, 6) is 0.297. The van der Waals surface area contributed by atoms with Crippen molar-refractivity contribution in [2.24, 2.45) is 0 Å². The number of carbonyl (C=O) groups is 1. The highest BCUT2D eigenvalue weighted by Gasteiger charge is 2.16. The van der Waals surface area contributed by atoms with Crippen LogP contribution in [0.2, 0.25) is 0 Å². The molecule has 0 fully saturated rings. The Hall–Kier alpha value is -1.34. The molecule has 0 amide bonds. The van der Waals surface area contributed by atoms with Crippen LogP contribution in [0.1, 0.15) is 31.2 Å². The summed E-state index contributed by atoms with van der Waals surface area (Å²) >= 11 is 2.85. The Balaban J connectivity index is 2.25. The fraction of sp³-hybridized carbons (Fsp3) is 0.417. The molecule has 0 aliphatic heterocycles. The molecular weight excluding hydrogens is 282 g/mol. The average molecular weight is 297 g/mol. The lowest BCUT2D eigenvalue weighted by atomic mass is 10.2. The van der Waals surface area contributed by atoms with Crippen molar-refractivity contribution >= 4 is 29.1 Å². The van der Waals surface area contributed by atoms with E-state index < -0.39 is 5.97 Å². The predicted octanol–water partition coefficient (Wildman–Crippen LogP) is 2.69. The summed E-state index contributed by atoms with van der Waals surface area (Å²) in [6.07, 6.45) is 0. The lowest BCUT2D eigenvalue weighted by Gasteiger charge is -2.10. The van der Waals surface area contributed by atoms with E-state index in [0.29, 0.717) is 11.7 Å². The third kappa shape index (κ3) is 3.57. The highest BCUT2D eigenvalue weighted by atomic mass is 32.2. The highest BCUT2D eigenvalue weighted by molar-refractivity contribution is 7.99. The topological polar surface area (TPSA) is 68.0 Å². The minimum Gasteiger partial charge on any atom is -0.481 e. The molecule has 0 atom stereocenters. The molecule has 0 bridgehead atoms. The smallest absolute Gasteiger partial charge is 0.313 e. The van der Waals surface area contributed by atoms with Crippen molar-refractivity contribution in [1.29, 1.82) is 0 Å². The zero-order valence-electron chi connectivity index (χ0n) is 10.7. The van der Waals surface area contributed by atoms with E-state index in [4.69, 9.17) is 5.11 Å². The number of hydrogen-bond donors (Lipinski definition) is 1. The number of carboxylic acid groups (broad SMARTS) is 1. The number of carboxylic acids is 1. The quantitative estimate of drug-likeness (QED) is 0.830. The molecule has 0 aliphatic rings. The standard InChI is InChI=1S/C12H15N3O2S2/c1-8(2)11-13-14-12(19-7-10(16)17)15(11)5-9-3-4-18-6-9/h3-4,6,8H,5,7H2,1-2H3,(H,16,17). The molecule has 5 nitrogen and oxygen atoms in total. The second-order valence-corrected chi connectivity index (χ2v) is 6.12. The first-order valence-electron chi connectivity index (χ1n) is 5.86. The number of nitrogens with zero attached hydrogens (tertiary/aromatic N) is 3. The van der Waals surface area contributed by atoms with Crippen molar-refractivity contribution in [2.75, 3.05) is 5.75 Å². The number of hydrogen-bond acceptors (Lipinski definition) is 5. The van der Waals surface area contributed by atoms with Crippen LogP contribution in [-0.4, -0.2) is 31.6 Å². The zero-order chi connectivity index (χ0) is 13.8. The summed E-state index contributed by atoms with van der Waals surface area (Å²) in [7, 11) is 0. The van der Waals surface area contributed by atoms with Crippen LogP contribution in [0.4, 0.5) is 0 Å². The van der Waals surface area contributed by atoms with Gasteiger partial charge in [0, 0.05) is 5.92 Å². The van der Waals surface area contributed by atoms with Crippen LogP contribution < -0.4 is 0 Å². The van der Waals surface area contributed by atoms with Crippen molar-refractivity contribution in [1.82, 2.24) is 14.8 Å². The molecule has 0 saturated carbocycles. The van der Waals surface area contributed by atoms with E-state index in [1.807, 2.05) is 9.95 Å².